The SMILES string of the molecule is CCCCOc1ccc(-c2nn(-c3ccccc3)cc2/C=C(\C#N)S(=O)(=O)c2ccc(C)cc2)cc1. The number of aromatic nitrogens is 2. The zero-order chi connectivity index (χ0) is 25.5. The second kappa shape index (κ2) is 11.1. The van der Waals surface area contributed by atoms with Gasteiger partial charge in [0.2, 0.25) is 9.84 Å². The summed E-state index contributed by atoms with van der Waals surface area (Å²) in [7, 11) is -4.00. The van der Waals surface area contributed by atoms with Crippen molar-refractivity contribution in [3.05, 3.63) is 101 Å². The molecule has 0 aliphatic rings. The first-order valence-corrected chi connectivity index (χ1v) is 13.2. The lowest BCUT2D eigenvalue weighted by atomic mass is 10.1. The average Bonchev–Trinajstić information content (AvgIpc) is 3.32. The molecular weight excluding hydrogens is 470 g/mol. The van der Waals surface area contributed by atoms with E-state index >= 15 is 0 Å². The molecule has 4 aromatic rings. The van der Waals surface area contributed by atoms with Crippen molar-refractivity contribution in [2.45, 2.75) is 31.6 Å². The maximum atomic E-state index is 13.2. The van der Waals surface area contributed by atoms with Gasteiger partial charge in [-0.1, -0.05) is 49.2 Å². The number of nitriles is 1. The first kappa shape index (κ1) is 25.0. The minimum atomic E-state index is -4.00. The van der Waals surface area contributed by atoms with E-state index in [0.29, 0.717) is 17.9 Å². The van der Waals surface area contributed by atoms with Gasteiger partial charge in [0.15, 0.2) is 0 Å². The molecule has 36 heavy (non-hydrogen) atoms. The summed E-state index contributed by atoms with van der Waals surface area (Å²) in [5, 5.41) is 14.6. The Balaban J connectivity index is 1.78. The van der Waals surface area contributed by atoms with Crippen LogP contribution in [0.2, 0.25) is 0 Å². The summed E-state index contributed by atoms with van der Waals surface area (Å²) < 4.78 is 33.9. The molecule has 0 spiro atoms. The van der Waals surface area contributed by atoms with Crippen LogP contribution < -0.4 is 4.74 Å². The number of allylic oxidation sites excluding steroid dienone is 1. The number of hydrogen-bond donors (Lipinski definition) is 0. The Labute approximate surface area is 212 Å². The molecule has 1 heterocycles. The Morgan fingerprint density at radius 3 is 2.36 bits per heavy atom. The van der Waals surface area contributed by atoms with Gasteiger partial charge < -0.3 is 4.74 Å². The highest BCUT2D eigenvalue weighted by Crippen LogP contribution is 2.29. The second-order valence-electron chi connectivity index (χ2n) is 8.38. The highest BCUT2D eigenvalue weighted by Gasteiger charge is 2.22. The van der Waals surface area contributed by atoms with Gasteiger partial charge >= 0.3 is 0 Å². The van der Waals surface area contributed by atoms with E-state index in [9.17, 15) is 13.7 Å². The molecule has 0 saturated heterocycles. The third-order valence-electron chi connectivity index (χ3n) is 5.68. The lowest BCUT2D eigenvalue weighted by Gasteiger charge is -2.07. The number of aryl methyl sites for hydroxylation is 1. The van der Waals surface area contributed by atoms with Gasteiger partial charge in [-0.25, -0.2) is 13.1 Å². The molecule has 0 unspecified atom stereocenters. The molecule has 3 aromatic carbocycles. The predicted molar refractivity (Wildman–Crippen MR) is 141 cm³/mol. The van der Waals surface area contributed by atoms with E-state index < -0.39 is 9.84 Å². The molecule has 0 N–H and O–H groups in total. The van der Waals surface area contributed by atoms with E-state index in [4.69, 9.17) is 9.84 Å². The van der Waals surface area contributed by atoms with Gasteiger partial charge in [0.05, 0.1) is 17.2 Å². The van der Waals surface area contributed by atoms with Crippen LogP contribution in [0.25, 0.3) is 23.0 Å². The highest BCUT2D eigenvalue weighted by molar-refractivity contribution is 7.95. The molecule has 0 aliphatic heterocycles. The Morgan fingerprint density at radius 2 is 1.72 bits per heavy atom. The molecule has 7 heteroatoms. The van der Waals surface area contributed by atoms with Crippen LogP contribution >= 0.6 is 0 Å². The number of hydrogen-bond acceptors (Lipinski definition) is 5. The van der Waals surface area contributed by atoms with Gasteiger partial charge in [0, 0.05) is 17.3 Å². The van der Waals surface area contributed by atoms with Crippen molar-refractivity contribution < 1.29 is 13.2 Å². The molecule has 0 saturated carbocycles. The van der Waals surface area contributed by atoms with E-state index in [1.165, 1.54) is 18.2 Å². The van der Waals surface area contributed by atoms with Crippen LogP contribution in [-0.2, 0) is 9.84 Å². The van der Waals surface area contributed by atoms with Crippen LogP contribution in [0.3, 0.4) is 0 Å². The topological polar surface area (TPSA) is 85.0 Å². The van der Waals surface area contributed by atoms with Crippen LogP contribution in [0.15, 0.2) is 94.9 Å². The normalized spacial score (nSPS) is 11.8. The molecule has 0 bridgehead atoms. The second-order valence-corrected chi connectivity index (χ2v) is 10.3. The number of rotatable bonds is 9. The Bertz CT molecular complexity index is 1500. The van der Waals surface area contributed by atoms with Crippen molar-refractivity contribution in [3.63, 3.8) is 0 Å². The smallest absolute Gasteiger partial charge is 0.216 e. The lowest BCUT2D eigenvalue weighted by Crippen LogP contribution is -2.03. The van der Waals surface area contributed by atoms with E-state index in [0.717, 1.165) is 35.4 Å². The van der Waals surface area contributed by atoms with Crippen molar-refractivity contribution in [2.75, 3.05) is 6.61 Å². The summed E-state index contributed by atoms with van der Waals surface area (Å²) in [6.07, 6.45) is 5.16. The van der Waals surface area contributed by atoms with Gasteiger partial charge in [-0.3, -0.25) is 0 Å². The molecule has 6 nitrogen and oxygen atoms in total. The highest BCUT2D eigenvalue weighted by atomic mass is 32.2. The lowest BCUT2D eigenvalue weighted by molar-refractivity contribution is 0.309. The van der Waals surface area contributed by atoms with E-state index in [2.05, 4.69) is 6.92 Å². The van der Waals surface area contributed by atoms with Gasteiger partial charge in [0.25, 0.3) is 0 Å². The molecule has 1 aromatic heterocycles. The molecule has 182 valence electrons. The van der Waals surface area contributed by atoms with Crippen LogP contribution in [0.5, 0.6) is 5.75 Å². The number of ether oxygens (including phenoxy) is 1. The van der Waals surface area contributed by atoms with E-state index in [1.807, 2.05) is 67.6 Å². The molecular formula is C29H27N3O3S. The van der Waals surface area contributed by atoms with Crippen LogP contribution in [0.1, 0.15) is 30.9 Å². The minimum Gasteiger partial charge on any atom is -0.494 e. The van der Waals surface area contributed by atoms with Crippen molar-refractivity contribution in [1.82, 2.24) is 9.78 Å². The maximum absolute atomic E-state index is 13.2. The summed E-state index contributed by atoms with van der Waals surface area (Å²) in [5.74, 6) is 0.756. The fraction of sp³-hybridized carbons (Fsp3) is 0.172. The number of para-hydroxylation sites is 1. The van der Waals surface area contributed by atoms with Crippen LogP contribution in [0, 0.1) is 18.3 Å². The van der Waals surface area contributed by atoms with Crippen molar-refractivity contribution in [3.8, 4) is 28.8 Å². The minimum absolute atomic E-state index is 0.0754. The number of unbranched alkanes of at least 4 members (excludes halogenated alkanes) is 1. The van der Waals surface area contributed by atoms with Crippen molar-refractivity contribution in [2.24, 2.45) is 0 Å². The number of benzene rings is 3. The zero-order valence-corrected chi connectivity index (χ0v) is 21.1. The Morgan fingerprint density at radius 1 is 1.03 bits per heavy atom. The van der Waals surface area contributed by atoms with Gasteiger partial charge in [-0.15, -0.1) is 0 Å². The van der Waals surface area contributed by atoms with Crippen LogP contribution in [0.4, 0.5) is 0 Å². The largest absolute Gasteiger partial charge is 0.494 e. The van der Waals surface area contributed by atoms with Crippen molar-refractivity contribution >= 4 is 15.9 Å². The fourth-order valence-electron chi connectivity index (χ4n) is 3.63. The first-order chi connectivity index (χ1) is 17.4. The standard InChI is InChI=1S/C29H27N3O3S/c1-3-4-18-35-26-14-12-23(13-15-26)29-24(21-32(31-29)25-8-6-5-7-9-25)19-28(20-30)36(33,34)27-16-10-22(2)11-17-27/h5-17,19,21H,3-4,18H2,1-2H3/b28-19+. The quantitative estimate of drug-likeness (QED) is 0.198. The summed E-state index contributed by atoms with van der Waals surface area (Å²) >= 11 is 0. The molecule has 4 rings (SSSR count). The molecule has 0 amide bonds. The third kappa shape index (κ3) is 5.56. The molecule has 0 radical (unpaired) electrons. The van der Waals surface area contributed by atoms with Gasteiger partial charge in [-0.2, -0.15) is 10.4 Å². The van der Waals surface area contributed by atoms with Gasteiger partial charge in [-0.05, 0) is 68.0 Å². The molecule has 0 atom stereocenters. The summed E-state index contributed by atoms with van der Waals surface area (Å²) in [5.41, 5.74) is 3.61. The monoisotopic (exact) mass is 497 g/mol. The molecule has 0 aliphatic carbocycles. The first-order valence-electron chi connectivity index (χ1n) is 11.7. The van der Waals surface area contributed by atoms with Crippen LogP contribution in [-0.4, -0.2) is 24.8 Å². The average molecular weight is 498 g/mol. The Hall–Kier alpha value is -4.15. The summed E-state index contributed by atoms with van der Waals surface area (Å²) in [6.45, 7) is 4.63. The summed E-state index contributed by atoms with van der Waals surface area (Å²) in [4.78, 5) is -0.272. The number of sulfone groups is 1. The third-order valence-corrected chi connectivity index (χ3v) is 7.36. The van der Waals surface area contributed by atoms with E-state index in [1.54, 1.807) is 23.0 Å². The predicted octanol–water partition coefficient (Wildman–Crippen LogP) is 6.37. The van der Waals surface area contributed by atoms with Gasteiger partial charge in [0.1, 0.15) is 22.4 Å². The zero-order valence-electron chi connectivity index (χ0n) is 20.3. The fourth-order valence-corrected chi connectivity index (χ4v) is 4.78. The maximum Gasteiger partial charge on any atom is 0.216 e. The van der Waals surface area contributed by atoms with E-state index in [-0.39, 0.29) is 9.80 Å². The number of nitrogens with zero attached hydrogens (tertiary/aromatic N) is 3. The summed E-state index contributed by atoms with van der Waals surface area (Å²) in [6, 6.07) is 25.4. The Kier molecular flexibility index (Phi) is 7.67. The van der Waals surface area contributed by atoms with Crippen molar-refractivity contribution in [1.29, 1.82) is 5.26 Å². The molecule has 0 fully saturated rings.